The lowest BCUT2D eigenvalue weighted by molar-refractivity contribution is -0.142. The number of hydrogen-bond donors (Lipinski definition) is 1. The second-order valence-corrected chi connectivity index (χ2v) is 3.08. The van der Waals surface area contributed by atoms with Crippen molar-refractivity contribution in [3.05, 3.63) is 0 Å². The van der Waals surface area contributed by atoms with Gasteiger partial charge in [0.2, 0.25) is 0 Å². The number of rotatable bonds is 1. The zero-order valence-corrected chi connectivity index (χ0v) is 7.19. The molecular weight excluding hydrogens is 166 g/mol. The summed E-state index contributed by atoms with van der Waals surface area (Å²) in [6.07, 6.45) is 2.24. The van der Waals surface area contributed by atoms with Crippen LogP contribution < -0.4 is 5.32 Å². The Hall–Kier alpha value is -0.280. The standard InChI is InChI=1S/C7H11NO2.ClH/c1-10-7(9)6-3-4-2-5(4)8-6;/h4-6,8H,2-3H2,1H3;1H/t4-,5-,6-;/m0./s1. The third-order valence-electron chi connectivity index (χ3n) is 2.36. The molecule has 1 aliphatic carbocycles. The fraction of sp³-hybridized carbons (Fsp3) is 0.857. The van der Waals surface area contributed by atoms with E-state index in [-0.39, 0.29) is 24.4 Å². The van der Waals surface area contributed by atoms with E-state index in [0.29, 0.717) is 6.04 Å². The van der Waals surface area contributed by atoms with E-state index < -0.39 is 0 Å². The smallest absolute Gasteiger partial charge is 0.322 e. The lowest BCUT2D eigenvalue weighted by atomic mass is 10.2. The van der Waals surface area contributed by atoms with Gasteiger partial charge in [-0.3, -0.25) is 4.79 Å². The number of halogens is 1. The van der Waals surface area contributed by atoms with Gasteiger partial charge in [0.05, 0.1) is 7.11 Å². The number of carbonyl (C=O) groups excluding carboxylic acids is 1. The van der Waals surface area contributed by atoms with Gasteiger partial charge in [-0.05, 0) is 18.8 Å². The maximum atomic E-state index is 10.9. The van der Waals surface area contributed by atoms with E-state index >= 15 is 0 Å². The average Bonchev–Trinajstić information content (AvgIpc) is 2.57. The number of esters is 1. The van der Waals surface area contributed by atoms with E-state index in [4.69, 9.17) is 0 Å². The second-order valence-electron chi connectivity index (χ2n) is 3.08. The Morgan fingerprint density at radius 1 is 1.55 bits per heavy atom. The van der Waals surface area contributed by atoms with Crippen LogP contribution in [-0.2, 0) is 9.53 Å². The van der Waals surface area contributed by atoms with Gasteiger partial charge in [0, 0.05) is 6.04 Å². The predicted octanol–water partition coefficient (Wildman–Crippen LogP) is 0.332. The maximum Gasteiger partial charge on any atom is 0.322 e. The second kappa shape index (κ2) is 2.99. The van der Waals surface area contributed by atoms with Gasteiger partial charge in [0.25, 0.3) is 0 Å². The molecule has 1 saturated heterocycles. The van der Waals surface area contributed by atoms with Crippen LogP contribution >= 0.6 is 12.4 Å². The van der Waals surface area contributed by atoms with Crippen molar-refractivity contribution >= 4 is 18.4 Å². The van der Waals surface area contributed by atoms with Crippen LogP contribution in [0.25, 0.3) is 0 Å². The molecule has 0 spiro atoms. The van der Waals surface area contributed by atoms with Crippen LogP contribution in [0.5, 0.6) is 0 Å². The van der Waals surface area contributed by atoms with E-state index in [1.807, 2.05) is 0 Å². The van der Waals surface area contributed by atoms with Gasteiger partial charge in [-0.2, -0.15) is 0 Å². The Bertz CT molecular complexity index is 164. The molecule has 0 bridgehead atoms. The number of carbonyl (C=O) groups is 1. The van der Waals surface area contributed by atoms with E-state index in [2.05, 4.69) is 10.1 Å². The largest absolute Gasteiger partial charge is 0.468 e. The predicted molar refractivity (Wildman–Crippen MR) is 42.7 cm³/mol. The first kappa shape index (κ1) is 8.81. The zero-order chi connectivity index (χ0) is 7.14. The lowest BCUT2D eigenvalue weighted by Gasteiger charge is -2.08. The quantitative estimate of drug-likeness (QED) is 0.587. The van der Waals surface area contributed by atoms with Gasteiger partial charge in [0.1, 0.15) is 6.04 Å². The highest BCUT2D eigenvalue weighted by Gasteiger charge is 2.48. The Kier molecular flexibility index (Phi) is 2.40. The summed E-state index contributed by atoms with van der Waals surface area (Å²) < 4.78 is 4.60. The van der Waals surface area contributed by atoms with Gasteiger partial charge < -0.3 is 10.1 Å². The Morgan fingerprint density at radius 2 is 2.27 bits per heavy atom. The topological polar surface area (TPSA) is 38.3 Å². The van der Waals surface area contributed by atoms with Crippen molar-refractivity contribution < 1.29 is 9.53 Å². The monoisotopic (exact) mass is 177 g/mol. The third kappa shape index (κ3) is 1.49. The highest BCUT2D eigenvalue weighted by Crippen LogP contribution is 2.40. The van der Waals surface area contributed by atoms with Crippen LogP contribution in [0.2, 0.25) is 0 Å². The van der Waals surface area contributed by atoms with Crippen molar-refractivity contribution in [1.29, 1.82) is 0 Å². The molecule has 4 heteroatoms. The number of piperidine rings is 1. The molecule has 0 unspecified atom stereocenters. The van der Waals surface area contributed by atoms with Crippen molar-refractivity contribution in [2.24, 2.45) is 5.92 Å². The fourth-order valence-electron chi connectivity index (χ4n) is 1.65. The van der Waals surface area contributed by atoms with Crippen LogP contribution in [0.15, 0.2) is 0 Å². The van der Waals surface area contributed by atoms with Crippen molar-refractivity contribution in [3.8, 4) is 0 Å². The lowest BCUT2D eigenvalue weighted by Crippen LogP contribution is -2.34. The first-order valence-electron chi connectivity index (χ1n) is 3.65. The average molecular weight is 178 g/mol. The summed E-state index contributed by atoms with van der Waals surface area (Å²) in [7, 11) is 1.44. The van der Waals surface area contributed by atoms with Crippen molar-refractivity contribution in [2.75, 3.05) is 7.11 Å². The summed E-state index contributed by atoms with van der Waals surface area (Å²) in [6.45, 7) is 0. The molecule has 0 radical (unpaired) electrons. The van der Waals surface area contributed by atoms with Crippen LogP contribution in [-0.4, -0.2) is 25.2 Å². The number of nitrogens with one attached hydrogen (secondary N) is 1. The summed E-state index contributed by atoms with van der Waals surface area (Å²) >= 11 is 0. The van der Waals surface area contributed by atoms with Crippen LogP contribution in [0, 0.1) is 5.92 Å². The van der Waals surface area contributed by atoms with Crippen LogP contribution in [0.3, 0.4) is 0 Å². The first-order chi connectivity index (χ1) is 4.81. The SMILES string of the molecule is COC(=O)[C@@H]1C[C@@H]2C[C@@H]2N1.Cl. The highest BCUT2D eigenvalue weighted by atomic mass is 35.5. The molecule has 1 heterocycles. The minimum Gasteiger partial charge on any atom is -0.468 e. The molecule has 64 valence electrons. The molecule has 2 fully saturated rings. The van der Waals surface area contributed by atoms with E-state index in [0.717, 1.165) is 12.3 Å². The zero-order valence-electron chi connectivity index (χ0n) is 6.37. The fourth-order valence-corrected chi connectivity index (χ4v) is 1.65. The number of methoxy groups -OCH3 is 1. The molecule has 3 nitrogen and oxygen atoms in total. The Morgan fingerprint density at radius 3 is 2.73 bits per heavy atom. The number of hydrogen-bond acceptors (Lipinski definition) is 3. The van der Waals surface area contributed by atoms with E-state index in [9.17, 15) is 4.79 Å². The van der Waals surface area contributed by atoms with Crippen LogP contribution in [0.4, 0.5) is 0 Å². The number of fused-ring (bicyclic) bond motifs is 1. The Balaban J connectivity index is 0.000000605. The van der Waals surface area contributed by atoms with E-state index in [1.165, 1.54) is 13.5 Å². The normalized spacial score (nSPS) is 38.8. The molecule has 0 aromatic rings. The third-order valence-corrected chi connectivity index (χ3v) is 2.36. The van der Waals surface area contributed by atoms with Crippen LogP contribution in [0.1, 0.15) is 12.8 Å². The number of ether oxygens (including phenoxy) is 1. The molecule has 2 rings (SSSR count). The minimum atomic E-state index is -0.104. The molecule has 2 aliphatic rings. The van der Waals surface area contributed by atoms with E-state index in [1.54, 1.807) is 0 Å². The molecule has 1 N–H and O–H groups in total. The molecule has 0 amide bonds. The highest BCUT2D eigenvalue weighted by molar-refractivity contribution is 5.85. The summed E-state index contributed by atoms with van der Waals surface area (Å²) in [6, 6.07) is 0.623. The molecule has 0 aromatic heterocycles. The summed E-state index contributed by atoms with van der Waals surface area (Å²) in [5.74, 6) is 0.663. The Labute approximate surface area is 71.9 Å². The van der Waals surface area contributed by atoms with Gasteiger partial charge in [-0.15, -0.1) is 12.4 Å². The van der Waals surface area contributed by atoms with Gasteiger partial charge in [-0.1, -0.05) is 0 Å². The minimum absolute atomic E-state index is 0. The van der Waals surface area contributed by atoms with Gasteiger partial charge >= 0.3 is 5.97 Å². The molecule has 0 aromatic carbocycles. The summed E-state index contributed by atoms with van der Waals surface area (Å²) in [5.41, 5.74) is 0. The first-order valence-corrected chi connectivity index (χ1v) is 3.65. The molecule has 1 saturated carbocycles. The maximum absolute atomic E-state index is 10.9. The summed E-state index contributed by atoms with van der Waals surface area (Å²) in [5, 5.41) is 3.20. The molecule has 1 aliphatic heterocycles. The summed E-state index contributed by atoms with van der Waals surface area (Å²) in [4.78, 5) is 10.9. The van der Waals surface area contributed by atoms with Crippen molar-refractivity contribution in [1.82, 2.24) is 5.32 Å². The molecule has 3 atom stereocenters. The molecule has 11 heavy (non-hydrogen) atoms. The van der Waals surface area contributed by atoms with Gasteiger partial charge in [0.15, 0.2) is 0 Å². The van der Waals surface area contributed by atoms with Gasteiger partial charge in [-0.25, -0.2) is 0 Å². The van der Waals surface area contributed by atoms with Crippen molar-refractivity contribution in [2.45, 2.75) is 24.9 Å². The van der Waals surface area contributed by atoms with Crippen molar-refractivity contribution in [3.63, 3.8) is 0 Å². The molecular formula is C7H12ClNO2.